The molecule has 0 fully saturated rings. The average molecular weight is 269 g/mol. The number of hydrogen-bond acceptors (Lipinski definition) is 3. The van der Waals surface area contributed by atoms with Gasteiger partial charge in [0.05, 0.1) is 7.11 Å². The Labute approximate surface area is 118 Å². The van der Waals surface area contributed by atoms with Gasteiger partial charge in [-0.15, -0.1) is 0 Å². The molecule has 1 aliphatic rings. The van der Waals surface area contributed by atoms with Gasteiger partial charge in [0.25, 0.3) is 0 Å². The fourth-order valence-corrected chi connectivity index (χ4v) is 3.12. The Morgan fingerprint density at radius 3 is 2.75 bits per heavy atom. The fourth-order valence-electron chi connectivity index (χ4n) is 3.12. The Balaban J connectivity index is 1.94. The van der Waals surface area contributed by atoms with E-state index in [0.29, 0.717) is 12.8 Å². The molecule has 2 N–H and O–H groups in total. The Morgan fingerprint density at radius 2 is 2.00 bits per heavy atom. The van der Waals surface area contributed by atoms with Crippen molar-refractivity contribution in [3.8, 4) is 0 Å². The molecule has 0 aromatic heterocycles. The van der Waals surface area contributed by atoms with Crippen LogP contribution in [0.2, 0.25) is 0 Å². The van der Waals surface area contributed by atoms with E-state index in [1.165, 1.54) is 29.0 Å². The molecule has 3 heteroatoms. The lowest BCUT2D eigenvalue weighted by Gasteiger charge is -2.15. The molecule has 0 amide bonds. The number of rotatable bonds is 4. The van der Waals surface area contributed by atoms with Gasteiger partial charge in [0, 0.05) is 12.5 Å². The summed E-state index contributed by atoms with van der Waals surface area (Å²) in [4.78, 5) is 11.3. The number of benzene rings is 2. The van der Waals surface area contributed by atoms with Gasteiger partial charge in [-0.3, -0.25) is 4.79 Å². The lowest BCUT2D eigenvalue weighted by molar-refractivity contribution is -0.140. The van der Waals surface area contributed by atoms with Crippen LogP contribution in [0.1, 0.15) is 35.6 Å². The molecule has 104 valence electrons. The van der Waals surface area contributed by atoms with E-state index in [-0.39, 0.29) is 12.0 Å². The van der Waals surface area contributed by atoms with Crippen molar-refractivity contribution in [2.24, 2.45) is 5.73 Å². The van der Waals surface area contributed by atoms with Gasteiger partial charge in [-0.25, -0.2) is 0 Å². The molecule has 0 saturated carbocycles. The van der Waals surface area contributed by atoms with Crippen molar-refractivity contribution in [3.63, 3.8) is 0 Å². The monoisotopic (exact) mass is 269 g/mol. The van der Waals surface area contributed by atoms with E-state index in [4.69, 9.17) is 5.73 Å². The summed E-state index contributed by atoms with van der Waals surface area (Å²) >= 11 is 0. The number of ether oxygens (including phenoxy) is 1. The molecular weight excluding hydrogens is 250 g/mol. The maximum atomic E-state index is 11.3. The molecule has 1 unspecified atom stereocenters. The summed E-state index contributed by atoms with van der Waals surface area (Å²) in [6.45, 7) is 0. The highest BCUT2D eigenvalue weighted by Crippen LogP contribution is 2.35. The molecule has 0 saturated heterocycles. The minimum Gasteiger partial charge on any atom is -0.469 e. The minimum absolute atomic E-state index is 0.126. The van der Waals surface area contributed by atoms with E-state index in [1.807, 2.05) is 0 Å². The molecule has 3 rings (SSSR count). The zero-order chi connectivity index (χ0) is 14.1. The van der Waals surface area contributed by atoms with Crippen molar-refractivity contribution in [1.82, 2.24) is 0 Å². The summed E-state index contributed by atoms with van der Waals surface area (Å²) in [6.07, 6.45) is 3.22. The first kappa shape index (κ1) is 13.1. The molecule has 1 aliphatic carbocycles. The van der Waals surface area contributed by atoms with Crippen molar-refractivity contribution in [2.75, 3.05) is 7.11 Å². The Kier molecular flexibility index (Phi) is 3.45. The van der Waals surface area contributed by atoms with E-state index in [0.717, 1.165) is 18.4 Å². The predicted octanol–water partition coefficient (Wildman–Crippen LogP) is 2.89. The van der Waals surface area contributed by atoms with Crippen LogP contribution in [0.5, 0.6) is 0 Å². The smallest absolute Gasteiger partial charge is 0.305 e. The summed E-state index contributed by atoms with van der Waals surface area (Å²) in [5.41, 5.74) is 10.2. The summed E-state index contributed by atoms with van der Waals surface area (Å²) < 4.78 is 4.68. The van der Waals surface area contributed by atoms with Gasteiger partial charge < -0.3 is 10.5 Å². The average Bonchev–Trinajstić information content (AvgIpc) is 2.90. The van der Waals surface area contributed by atoms with E-state index >= 15 is 0 Å². The summed E-state index contributed by atoms with van der Waals surface area (Å²) in [5.74, 6) is -0.202. The minimum atomic E-state index is -0.202. The summed E-state index contributed by atoms with van der Waals surface area (Å²) in [6, 6.07) is 10.6. The van der Waals surface area contributed by atoms with Crippen LogP contribution in [0.25, 0.3) is 10.8 Å². The summed E-state index contributed by atoms with van der Waals surface area (Å²) in [5, 5.41) is 2.62. The Morgan fingerprint density at radius 1 is 1.25 bits per heavy atom. The van der Waals surface area contributed by atoms with Crippen LogP contribution in [0, 0.1) is 0 Å². The highest BCUT2D eigenvalue weighted by molar-refractivity contribution is 5.93. The second-order valence-corrected chi connectivity index (χ2v) is 5.37. The van der Waals surface area contributed by atoms with Crippen molar-refractivity contribution >= 4 is 16.7 Å². The van der Waals surface area contributed by atoms with Crippen LogP contribution in [0.4, 0.5) is 0 Å². The van der Waals surface area contributed by atoms with E-state index in [9.17, 15) is 4.79 Å². The van der Waals surface area contributed by atoms with Crippen LogP contribution in [-0.4, -0.2) is 13.1 Å². The molecule has 0 aliphatic heterocycles. The lowest BCUT2D eigenvalue weighted by Crippen LogP contribution is -2.13. The fraction of sp³-hybridized carbons (Fsp3) is 0.353. The van der Waals surface area contributed by atoms with Crippen molar-refractivity contribution in [1.29, 1.82) is 0 Å². The van der Waals surface area contributed by atoms with Gasteiger partial charge >= 0.3 is 5.97 Å². The highest BCUT2D eigenvalue weighted by atomic mass is 16.5. The van der Waals surface area contributed by atoms with E-state index < -0.39 is 0 Å². The summed E-state index contributed by atoms with van der Waals surface area (Å²) in [7, 11) is 1.41. The maximum Gasteiger partial charge on any atom is 0.305 e. The standard InChI is InChI=1S/C17H19NO2/c1-20-16(19)10-9-15(18)13-8-7-12-6-5-11-3-2-4-14(13)17(11)12/h2-4,7-8,15H,5-6,9-10,18H2,1H3. The number of carbonyl (C=O) groups is 1. The molecule has 20 heavy (non-hydrogen) atoms. The molecule has 1 atom stereocenters. The normalized spacial score (nSPS) is 14.5. The number of hydrogen-bond donors (Lipinski definition) is 1. The van der Waals surface area contributed by atoms with Gasteiger partial charge in [-0.05, 0) is 46.7 Å². The first-order valence-corrected chi connectivity index (χ1v) is 7.06. The second kappa shape index (κ2) is 5.25. The van der Waals surface area contributed by atoms with E-state index in [2.05, 4.69) is 35.1 Å². The Bertz CT molecular complexity index is 653. The first-order chi connectivity index (χ1) is 9.70. The number of aryl methyl sites for hydroxylation is 2. The van der Waals surface area contributed by atoms with Gasteiger partial charge in [0.1, 0.15) is 0 Å². The third kappa shape index (κ3) is 2.18. The molecule has 0 bridgehead atoms. The maximum absolute atomic E-state index is 11.3. The topological polar surface area (TPSA) is 52.3 Å². The second-order valence-electron chi connectivity index (χ2n) is 5.37. The lowest BCUT2D eigenvalue weighted by atomic mass is 9.94. The molecule has 2 aromatic rings. The number of methoxy groups -OCH3 is 1. The van der Waals surface area contributed by atoms with E-state index in [1.54, 1.807) is 0 Å². The van der Waals surface area contributed by atoms with Crippen molar-refractivity contribution in [2.45, 2.75) is 31.7 Å². The molecular formula is C17H19NO2. The largest absolute Gasteiger partial charge is 0.469 e. The van der Waals surface area contributed by atoms with Crippen LogP contribution in [0.3, 0.4) is 0 Å². The van der Waals surface area contributed by atoms with Crippen LogP contribution in [0.15, 0.2) is 30.3 Å². The third-order valence-electron chi connectivity index (χ3n) is 4.20. The molecule has 0 radical (unpaired) electrons. The quantitative estimate of drug-likeness (QED) is 0.868. The zero-order valence-electron chi connectivity index (χ0n) is 11.7. The highest BCUT2D eigenvalue weighted by Gasteiger charge is 2.18. The molecule has 3 nitrogen and oxygen atoms in total. The zero-order valence-corrected chi connectivity index (χ0v) is 11.7. The number of carbonyl (C=O) groups excluding carboxylic acids is 1. The SMILES string of the molecule is COC(=O)CCC(N)c1ccc2c3c(cccc13)CC2. The van der Waals surface area contributed by atoms with Crippen LogP contribution in [-0.2, 0) is 22.4 Å². The van der Waals surface area contributed by atoms with Gasteiger partial charge in [0.2, 0.25) is 0 Å². The Hall–Kier alpha value is -1.87. The van der Waals surface area contributed by atoms with Crippen LogP contribution < -0.4 is 5.73 Å². The van der Waals surface area contributed by atoms with Crippen LogP contribution >= 0.6 is 0 Å². The van der Waals surface area contributed by atoms with Gasteiger partial charge in [0.15, 0.2) is 0 Å². The van der Waals surface area contributed by atoms with Crippen molar-refractivity contribution in [3.05, 3.63) is 47.0 Å². The molecule has 2 aromatic carbocycles. The van der Waals surface area contributed by atoms with Crippen molar-refractivity contribution < 1.29 is 9.53 Å². The number of esters is 1. The first-order valence-electron chi connectivity index (χ1n) is 7.06. The number of nitrogens with two attached hydrogens (primary N) is 1. The molecule has 0 spiro atoms. The van der Waals surface area contributed by atoms with Gasteiger partial charge in [-0.1, -0.05) is 30.3 Å². The predicted molar refractivity (Wildman–Crippen MR) is 79.5 cm³/mol. The van der Waals surface area contributed by atoms with Gasteiger partial charge in [-0.2, -0.15) is 0 Å². The third-order valence-corrected chi connectivity index (χ3v) is 4.20. The molecule has 0 heterocycles.